The van der Waals surface area contributed by atoms with Crippen molar-refractivity contribution < 1.29 is 14.7 Å². The van der Waals surface area contributed by atoms with Crippen LogP contribution in [0.1, 0.15) is 51.9 Å². The summed E-state index contributed by atoms with van der Waals surface area (Å²) in [5.41, 5.74) is 0. The predicted molar refractivity (Wildman–Crippen MR) is 80.6 cm³/mol. The number of piperidine rings is 1. The van der Waals surface area contributed by atoms with E-state index in [0.29, 0.717) is 6.54 Å². The molecule has 120 valence electrons. The van der Waals surface area contributed by atoms with E-state index in [0.717, 1.165) is 45.1 Å². The maximum absolute atomic E-state index is 12.4. The third-order valence-electron chi connectivity index (χ3n) is 4.79. The molecule has 1 saturated carbocycles. The van der Waals surface area contributed by atoms with Crippen molar-refractivity contribution in [3.8, 4) is 0 Å². The lowest BCUT2D eigenvalue weighted by Gasteiger charge is -2.34. The standard InChI is InChI=1S/C16H28N2O3/c1-12(17-15(20)14-7-3-2-4-8-14)16(21)18-9-5-6-13(10-18)11-19/h12-14,19H,2-11H2,1H3,(H,17,20). The molecule has 1 aliphatic heterocycles. The predicted octanol–water partition coefficient (Wildman–Crippen LogP) is 1.30. The van der Waals surface area contributed by atoms with Gasteiger partial charge in [-0.05, 0) is 38.5 Å². The Morgan fingerprint density at radius 1 is 1.19 bits per heavy atom. The molecule has 0 aromatic heterocycles. The van der Waals surface area contributed by atoms with Crippen LogP contribution in [0.2, 0.25) is 0 Å². The summed E-state index contributed by atoms with van der Waals surface area (Å²) in [5, 5.41) is 12.1. The fourth-order valence-electron chi connectivity index (χ4n) is 3.45. The highest BCUT2D eigenvalue weighted by Gasteiger charge is 2.29. The molecule has 2 rings (SSSR count). The molecular formula is C16H28N2O3. The third kappa shape index (κ3) is 4.43. The molecule has 2 aliphatic rings. The first-order valence-corrected chi connectivity index (χ1v) is 8.32. The molecule has 0 aromatic rings. The summed E-state index contributed by atoms with van der Waals surface area (Å²) in [6.07, 6.45) is 7.25. The Morgan fingerprint density at radius 3 is 2.57 bits per heavy atom. The van der Waals surface area contributed by atoms with Crippen LogP contribution in [0.4, 0.5) is 0 Å². The van der Waals surface area contributed by atoms with Crippen molar-refractivity contribution in [3.63, 3.8) is 0 Å². The summed E-state index contributed by atoms with van der Waals surface area (Å²) >= 11 is 0. The van der Waals surface area contributed by atoms with E-state index in [-0.39, 0.29) is 30.3 Å². The first kappa shape index (κ1) is 16.3. The smallest absolute Gasteiger partial charge is 0.244 e. The molecule has 2 N–H and O–H groups in total. The lowest BCUT2D eigenvalue weighted by molar-refractivity contribution is -0.138. The van der Waals surface area contributed by atoms with E-state index in [1.54, 1.807) is 11.8 Å². The fraction of sp³-hybridized carbons (Fsp3) is 0.875. The number of nitrogens with one attached hydrogen (secondary N) is 1. The summed E-state index contributed by atoms with van der Waals surface area (Å²) < 4.78 is 0. The van der Waals surface area contributed by atoms with E-state index in [1.165, 1.54) is 6.42 Å². The minimum Gasteiger partial charge on any atom is -0.396 e. The van der Waals surface area contributed by atoms with E-state index >= 15 is 0 Å². The summed E-state index contributed by atoms with van der Waals surface area (Å²) in [7, 11) is 0. The molecule has 0 bridgehead atoms. The van der Waals surface area contributed by atoms with Gasteiger partial charge in [0, 0.05) is 25.6 Å². The van der Waals surface area contributed by atoms with Gasteiger partial charge in [-0.2, -0.15) is 0 Å². The third-order valence-corrected chi connectivity index (χ3v) is 4.79. The highest BCUT2D eigenvalue weighted by atomic mass is 16.3. The molecule has 5 nitrogen and oxygen atoms in total. The molecule has 1 heterocycles. The molecule has 5 heteroatoms. The zero-order valence-corrected chi connectivity index (χ0v) is 13.0. The minimum atomic E-state index is -0.461. The Balaban J connectivity index is 1.82. The van der Waals surface area contributed by atoms with Crippen molar-refractivity contribution >= 4 is 11.8 Å². The van der Waals surface area contributed by atoms with Gasteiger partial charge in [0.05, 0.1) is 0 Å². The second kappa shape index (κ2) is 7.78. The van der Waals surface area contributed by atoms with E-state index in [9.17, 15) is 14.7 Å². The quantitative estimate of drug-likeness (QED) is 0.821. The molecule has 21 heavy (non-hydrogen) atoms. The summed E-state index contributed by atoms with van der Waals surface area (Å²) in [6.45, 7) is 3.25. The van der Waals surface area contributed by atoms with Crippen molar-refractivity contribution in [1.29, 1.82) is 0 Å². The number of likely N-dealkylation sites (tertiary alicyclic amines) is 1. The van der Waals surface area contributed by atoms with E-state index < -0.39 is 6.04 Å². The molecule has 0 spiro atoms. The van der Waals surface area contributed by atoms with Gasteiger partial charge in [0.2, 0.25) is 11.8 Å². The van der Waals surface area contributed by atoms with Gasteiger partial charge in [0.15, 0.2) is 0 Å². The van der Waals surface area contributed by atoms with Crippen LogP contribution in [0.3, 0.4) is 0 Å². The van der Waals surface area contributed by atoms with E-state index in [1.807, 2.05) is 0 Å². The zero-order chi connectivity index (χ0) is 15.2. The van der Waals surface area contributed by atoms with Gasteiger partial charge in [-0.25, -0.2) is 0 Å². The number of hydrogen-bond donors (Lipinski definition) is 2. The van der Waals surface area contributed by atoms with Crippen molar-refractivity contribution in [2.75, 3.05) is 19.7 Å². The SMILES string of the molecule is CC(NC(=O)C1CCCCC1)C(=O)N1CCCC(CO)C1. The van der Waals surface area contributed by atoms with Crippen LogP contribution < -0.4 is 5.32 Å². The van der Waals surface area contributed by atoms with Gasteiger partial charge in [-0.3, -0.25) is 9.59 Å². The van der Waals surface area contributed by atoms with Crippen molar-refractivity contribution in [3.05, 3.63) is 0 Å². The number of amides is 2. The Morgan fingerprint density at radius 2 is 1.90 bits per heavy atom. The first-order valence-electron chi connectivity index (χ1n) is 8.32. The molecule has 0 radical (unpaired) electrons. The van der Waals surface area contributed by atoms with Crippen LogP contribution in [0.5, 0.6) is 0 Å². The van der Waals surface area contributed by atoms with E-state index in [4.69, 9.17) is 0 Å². The topological polar surface area (TPSA) is 69.6 Å². The second-order valence-corrected chi connectivity index (χ2v) is 6.54. The van der Waals surface area contributed by atoms with Crippen molar-refractivity contribution in [2.24, 2.45) is 11.8 Å². The maximum atomic E-state index is 12.4. The molecule has 1 aliphatic carbocycles. The van der Waals surface area contributed by atoms with Crippen LogP contribution >= 0.6 is 0 Å². The Hall–Kier alpha value is -1.10. The van der Waals surface area contributed by atoms with Crippen molar-refractivity contribution in [2.45, 2.75) is 57.9 Å². The summed E-state index contributed by atoms with van der Waals surface area (Å²) in [6, 6.07) is -0.461. The largest absolute Gasteiger partial charge is 0.396 e. The average Bonchev–Trinajstić information content (AvgIpc) is 2.54. The lowest BCUT2D eigenvalue weighted by Crippen LogP contribution is -2.51. The van der Waals surface area contributed by atoms with Crippen LogP contribution in [-0.4, -0.2) is 47.6 Å². The Labute approximate surface area is 127 Å². The van der Waals surface area contributed by atoms with Gasteiger partial charge < -0.3 is 15.3 Å². The number of aliphatic hydroxyl groups is 1. The van der Waals surface area contributed by atoms with Gasteiger partial charge in [-0.15, -0.1) is 0 Å². The van der Waals surface area contributed by atoms with Crippen LogP contribution in [-0.2, 0) is 9.59 Å². The first-order chi connectivity index (χ1) is 10.1. The number of aliphatic hydroxyl groups excluding tert-OH is 1. The number of carbonyl (C=O) groups excluding carboxylic acids is 2. The zero-order valence-electron chi connectivity index (χ0n) is 13.0. The number of nitrogens with zero attached hydrogens (tertiary/aromatic N) is 1. The van der Waals surface area contributed by atoms with Gasteiger partial charge >= 0.3 is 0 Å². The van der Waals surface area contributed by atoms with Crippen LogP contribution in [0, 0.1) is 11.8 Å². The molecule has 2 atom stereocenters. The maximum Gasteiger partial charge on any atom is 0.244 e. The van der Waals surface area contributed by atoms with Gasteiger partial charge in [-0.1, -0.05) is 19.3 Å². The Kier molecular flexibility index (Phi) is 6.03. The van der Waals surface area contributed by atoms with Crippen LogP contribution in [0.25, 0.3) is 0 Å². The Bertz CT molecular complexity index is 367. The average molecular weight is 296 g/mol. The van der Waals surface area contributed by atoms with Gasteiger partial charge in [0.25, 0.3) is 0 Å². The van der Waals surface area contributed by atoms with Crippen LogP contribution in [0.15, 0.2) is 0 Å². The fourth-order valence-corrected chi connectivity index (χ4v) is 3.45. The molecule has 1 saturated heterocycles. The highest BCUT2D eigenvalue weighted by Crippen LogP contribution is 2.24. The lowest BCUT2D eigenvalue weighted by atomic mass is 9.88. The molecule has 0 aromatic carbocycles. The molecule has 2 fully saturated rings. The number of rotatable bonds is 4. The molecule has 2 amide bonds. The molecule has 2 unspecified atom stereocenters. The van der Waals surface area contributed by atoms with Crippen molar-refractivity contribution in [1.82, 2.24) is 10.2 Å². The second-order valence-electron chi connectivity index (χ2n) is 6.54. The monoisotopic (exact) mass is 296 g/mol. The van der Waals surface area contributed by atoms with E-state index in [2.05, 4.69) is 5.32 Å². The summed E-state index contributed by atoms with van der Waals surface area (Å²) in [4.78, 5) is 26.4. The van der Waals surface area contributed by atoms with Gasteiger partial charge in [0.1, 0.15) is 6.04 Å². The number of carbonyl (C=O) groups is 2. The highest BCUT2D eigenvalue weighted by molar-refractivity contribution is 5.88. The minimum absolute atomic E-state index is 0.0164. The number of hydrogen-bond acceptors (Lipinski definition) is 3. The normalized spacial score (nSPS) is 25.4. The molecular weight excluding hydrogens is 268 g/mol. The summed E-state index contributed by atoms with van der Waals surface area (Å²) in [5.74, 6) is 0.285.